The number of benzene rings is 3. The molecular weight excluding hydrogens is 468 g/mol. The molecule has 8 nitrogen and oxygen atoms in total. The first-order chi connectivity index (χ1) is 18.1. The molecule has 0 bridgehead atoms. The van der Waals surface area contributed by atoms with Gasteiger partial charge in [0.25, 0.3) is 5.91 Å². The van der Waals surface area contributed by atoms with Crippen molar-refractivity contribution in [3.05, 3.63) is 95.7 Å². The molecule has 0 aliphatic carbocycles. The molecule has 1 amide bonds. The lowest BCUT2D eigenvalue weighted by molar-refractivity contribution is -0.112. The minimum Gasteiger partial charge on any atom is -0.495 e. The van der Waals surface area contributed by atoms with Crippen molar-refractivity contribution in [1.82, 2.24) is 9.78 Å². The summed E-state index contributed by atoms with van der Waals surface area (Å²) >= 11 is 0. The van der Waals surface area contributed by atoms with E-state index >= 15 is 0 Å². The van der Waals surface area contributed by atoms with Gasteiger partial charge in [-0.05, 0) is 42.0 Å². The number of carbonyl (C=O) groups is 1. The summed E-state index contributed by atoms with van der Waals surface area (Å²) in [7, 11) is 4.65. The molecule has 4 aromatic rings. The Bertz CT molecular complexity index is 1470. The van der Waals surface area contributed by atoms with Crippen molar-refractivity contribution in [1.29, 1.82) is 5.26 Å². The van der Waals surface area contributed by atoms with Crippen molar-refractivity contribution in [3.63, 3.8) is 0 Å². The molecule has 1 aromatic heterocycles. The summed E-state index contributed by atoms with van der Waals surface area (Å²) in [5, 5.41) is 17.4. The molecule has 1 N–H and O–H groups in total. The molecule has 0 saturated heterocycles. The number of nitriles is 1. The van der Waals surface area contributed by atoms with Crippen molar-refractivity contribution < 1.29 is 19.0 Å². The second-order valence-corrected chi connectivity index (χ2v) is 8.01. The maximum Gasteiger partial charge on any atom is 0.266 e. The molecule has 0 spiro atoms. The maximum absolute atomic E-state index is 13.0. The predicted molar refractivity (Wildman–Crippen MR) is 142 cm³/mol. The highest BCUT2D eigenvalue weighted by molar-refractivity contribution is 6.10. The molecule has 0 aliphatic heterocycles. The SMILES string of the molecule is COc1ccccc1NC(=O)/C(C#N)=C/c1cn(Cc2ccccc2)nc1-c1ccc(OC)c(OC)c1. The van der Waals surface area contributed by atoms with Crippen LogP contribution in [0.1, 0.15) is 11.1 Å². The van der Waals surface area contributed by atoms with E-state index in [1.165, 1.54) is 13.2 Å². The van der Waals surface area contributed by atoms with Gasteiger partial charge < -0.3 is 19.5 Å². The average Bonchev–Trinajstić information content (AvgIpc) is 3.33. The molecular formula is C29H26N4O4. The third-order valence-corrected chi connectivity index (χ3v) is 5.65. The molecule has 0 radical (unpaired) electrons. The van der Waals surface area contributed by atoms with Crippen molar-refractivity contribution in [2.75, 3.05) is 26.6 Å². The normalized spacial score (nSPS) is 10.9. The van der Waals surface area contributed by atoms with Crippen LogP contribution in [0.15, 0.2) is 84.6 Å². The molecule has 0 unspecified atom stereocenters. The van der Waals surface area contributed by atoms with E-state index in [9.17, 15) is 10.1 Å². The molecule has 4 rings (SSSR count). The number of aromatic nitrogens is 2. The van der Waals surface area contributed by atoms with E-state index in [-0.39, 0.29) is 5.57 Å². The maximum atomic E-state index is 13.0. The van der Waals surface area contributed by atoms with Gasteiger partial charge in [-0.1, -0.05) is 42.5 Å². The zero-order valence-corrected chi connectivity index (χ0v) is 20.8. The van der Waals surface area contributed by atoms with E-state index in [1.807, 2.05) is 54.7 Å². The number of nitrogens with zero attached hydrogens (tertiary/aromatic N) is 3. The first-order valence-electron chi connectivity index (χ1n) is 11.5. The largest absolute Gasteiger partial charge is 0.495 e. The van der Waals surface area contributed by atoms with Crippen molar-refractivity contribution in [2.45, 2.75) is 6.54 Å². The summed E-state index contributed by atoms with van der Waals surface area (Å²) in [6, 6.07) is 24.4. The van der Waals surface area contributed by atoms with Crippen LogP contribution in [-0.2, 0) is 11.3 Å². The summed E-state index contributed by atoms with van der Waals surface area (Å²) in [6.07, 6.45) is 3.35. The Labute approximate surface area is 215 Å². The molecule has 186 valence electrons. The Hall–Kier alpha value is -5.03. The van der Waals surface area contributed by atoms with E-state index in [2.05, 4.69) is 5.32 Å². The molecule has 3 aromatic carbocycles. The lowest BCUT2D eigenvalue weighted by Gasteiger charge is -2.10. The molecule has 0 saturated carbocycles. The fourth-order valence-electron chi connectivity index (χ4n) is 3.84. The number of carbonyl (C=O) groups excluding carboxylic acids is 1. The summed E-state index contributed by atoms with van der Waals surface area (Å²) < 4.78 is 17.9. The standard InChI is InChI=1S/C29H26N4O4/c1-35-25-12-8-7-11-24(25)31-29(34)22(17-30)15-23-19-33(18-20-9-5-4-6-10-20)32-28(23)21-13-14-26(36-2)27(16-21)37-3/h4-16,19H,18H2,1-3H3,(H,31,34)/b22-15+. The number of para-hydroxylation sites is 2. The lowest BCUT2D eigenvalue weighted by Crippen LogP contribution is -2.14. The fourth-order valence-corrected chi connectivity index (χ4v) is 3.84. The summed E-state index contributed by atoms with van der Waals surface area (Å²) in [6.45, 7) is 0.518. The molecule has 0 atom stereocenters. The van der Waals surface area contributed by atoms with E-state index in [1.54, 1.807) is 49.2 Å². The number of ether oxygens (including phenoxy) is 3. The van der Waals surface area contributed by atoms with Crippen LogP contribution in [0.2, 0.25) is 0 Å². The van der Waals surface area contributed by atoms with Crippen LogP contribution >= 0.6 is 0 Å². The second kappa shape index (κ2) is 11.6. The van der Waals surface area contributed by atoms with Gasteiger partial charge in [0.15, 0.2) is 11.5 Å². The minimum absolute atomic E-state index is 0.0770. The zero-order chi connectivity index (χ0) is 26.2. The van der Waals surface area contributed by atoms with E-state index in [0.29, 0.717) is 40.7 Å². The highest BCUT2D eigenvalue weighted by Gasteiger charge is 2.17. The number of methoxy groups -OCH3 is 3. The topological polar surface area (TPSA) is 98.4 Å². The van der Waals surface area contributed by atoms with Gasteiger partial charge in [0.05, 0.1) is 39.3 Å². The smallest absolute Gasteiger partial charge is 0.266 e. The Morgan fingerprint density at radius 1 is 0.946 bits per heavy atom. The molecule has 37 heavy (non-hydrogen) atoms. The van der Waals surface area contributed by atoms with Crippen LogP contribution in [0, 0.1) is 11.3 Å². The van der Waals surface area contributed by atoms with E-state index < -0.39 is 5.91 Å². The van der Waals surface area contributed by atoms with Gasteiger partial charge in [0, 0.05) is 17.3 Å². The Balaban J connectivity index is 1.75. The Kier molecular flexibility index (Phi) is 7.86. The summed E-state index contributed by atoms with van der Waals surface area (Å²) in [5.74, 6) is 1.07. The first kappa shape index (κ1) is 25.1. The molecule has 0 fully saturated rings. The quantitative estimate of drug-likeness (QED) is 0.255. The van der Waals surface area contributed by atoms with Crippen LogP contribution in [-0.4, -0.2) is 37.0 Å². The van der Waals surface area contributed by atoms with Crippen LogP contribution < -0.4 is 19.5 Å². The molecule has 1 heterocycles. The van der Waals surface area contributed by atoms with Gasteiger partial charge in [-0.3, -0.25) is 9.48 Å². The van der Waals surface area contributed by atoms with Gasteiger partial charge in [-0.2, -0.15) is 10.4 Å². The van der Waals surface area contributed by atoms with Crippen LogP contribution in [0.25, 0.3) is 17.3 Å². The van der Waals surface area contributed by atoms with Crippen LogP contribution in [0.5, 0.6) is 17.2 Å². The Morgan fingerprint density at radius 2 is 1.65 bits per heavy atom. The van der Waals surface area contributed by atoms with Gasteiger partial charge in [-0.25, -0.2) is 0 Å². The number of rotatable bonds is 9. The fraction of sp³-hybridized carbons (Fsp3) is 0.138. The predicted octanol–water partition coefficient (Wildman–Crippen LogP) is 5.17. The Morgan fingerprint density at radius 3 is 2.35 bits per heavy atom. The minimum atomic E-state index is -0.555. The van der Waals surface area contributed by atoms with Gasteiger partial charge in [0.1, 0.15) is 17.4 Å². The number of amides is 1. The number of anilines is 1. The van der Waals surface area contributed by atoms with Gasteiger partial charge in [-0.15, -0.1) is 0 Å². The molecule has 8 heteroatoms. The van der Waals surface area contributed by atoms with Gasteiger partial charge in [0.2, 0.25) is 0 Å². The van der Waals surface area contributed by atoms with Crippen molar-refractivity contribution in [3.8, 4) is 34.6 Å². The number of hydrogen-bond donors (Lipinski definition) is 1. The summed E-state index contributed by atoms with van der Waals surface area (Å²) in [5.41, 5.74) is 3.40. The monoisotopic (exact) mass is 494 g/mol. The molecule has 0 aliphatic rings. The lowest BCUT2D eigenvalue weighted by atomic mass is 10.0. The highest BCUT2D eigenvalue weighted by Crippen LogP contribution is 2.34. The zero-order valence-electron chi connectivity index (χ0n) is 20.8. The average molecular weight is 495 g/mol. The van der Waals surface area contributed by atoms with Crippen LogP contribution in [0.4, 0.5) is 5.69 Å². The number of nitrogens with one attached hydrogen (secondary N) is 1. The third kappa shape index (κ3) is 5.80. The second-order valence-electron chi connectivity index (χ2n) is 8.01. The third-order valence-electron chi connectivity index (χ3n) is 5.65. The van der Waals surface area contributed by atoms with Crippen molar-refractivity contribution in [2.24, 2.45) is 0 Å². The van der Waals surface area contributed by atoms with Gasteiger partial charge >= 0.3 is 0 Å². The van der Waals surface area contributed by atoms with E-state index in [0.717, 1.165) is 11.1 Å². The van der Waals surface area contributed by atoms with Crippen molar-refractivity contribution >= 4 is 17.7 Å². The highest BCUT2D eigenvalue weighted by atomic mass is 16.5. The summed E-state index contributed by atoms with van der Waals surface area (Å²) in [4.78, 5) is 13.0. The van der Waals surface area contributed by atoms with E-state index in [4.69, 9.17) is 19.3 Å². The number of hydrogen-bond acceptors (Lipinski definition) is 6. The van der Waals surface area contributed by atoms with Crippen LogP contribution in [0.3, 0.4) is 0 Å². The first-order valence-corrected chi connectivity index (χ1v) is 11.5.